The van der Waals surface area contributed by atoms with Gasteiger partial charge in [0.15, 0.2) is 0 Å². The van der Waals surface area contributed by atoms with E-state index in [-0.39, 0.29) is 42.2 Å². The van der Waals surface area contributed by atoms with Crippen molar-refractivity contribution in [1.29, 1.82) is 0 Å². The average Bonchev–Trinajstić information content (AvgIpc) is 3.42. The van der Waals surface area contributed by atoms with Crippen LogP contribution in [0.3, 0.4) is 0 Å². The van der Waals surface area contributed by atoms with Crippen LogP contribution in [0.5, 0.6) is 0 Å². The molecule has 1 spiro atoms. The standard InChI is InChI=1S/C28H38N2O5S/c1-6-13-29(23-17(3)11-10-12-18(23)4)26(33)24-28-19(5)16-20(36-28)21(27(34)35-7-2)22(28)25(32)30(24)14-8-9-15-31/h6,10-12,19-22,24,31H,1,7-9,13-16H2,2-5H3/t19?,20-,21+,22-,24?,28?/m0/s1. The molecule has 6 atom stereocenters. The SMILES string of the molecule is C=CCN(C(=O)C1N(CCCCO)C(=O)[C@@H]2[C@H](C(=O)OCC)[C@@H]3CC(C)C12S3)c1c(C)cccc1C. The van der Waals surface area contributed by atoms with Crippen LogP contribution in [-0.4, -0.2) is 70.1 Å². The van der Waals surface area contributed by atoms with E-state index in [0.29, 0.717) is 25.9 Å². The summed E-state index contributed by atoms with van der Waals surface area (Å²) in [5.74, 6) is -1.62. The normalized spacial score (nSPS) is 30.4. The zero-order valence-electron chi connectivity index (χ0n) is 21.7. The minimum absolute atomic E-state index is 0.0267. The molecule has 1 N–H and O–H groups in total. The van der Waals surface area contributed by atoms with E-state index in [0.717, 1.165) is 23.2 Å². The fourth-order valence-corrected chi connectivity index (χ4v) is 9.14. The number of ether oxygens (including phenoxy) is 1. The van der Waals surface area contributed by atoms with E-state index in [4.69, 9.17) is 4.74 Å². The number of thioether (sulfide) groups is 1. The Morgan fingerprint density at radius 2 is 2.00 bits per heavy atom. The Balaban J connectivity index is 1.82. The number of likely N-dealkylation sites (tertiary alicyclic amines) is 1. The van der Waals surface area contributed by atoms with Crippen LogP contribution in [0.2, 0.25) is 0 Å². The van der Waals surface area contributed by atoms with Gasteiger partial charge in [0.2, 0.25) is 5.91 Å². The predicted octanol–water partition coefficient (Wildman–Crippen LogP) is 3.50. The maximum atomic E-state index is 14.6. The first-order valence-electron chi connectivity index (χ1n) is 13.0. The number of hydrogen-bond acceptors (Lipinski definition) is 6. The van der Waals surface area contributed by atoms with Gasteiger partial charge in [-0.1, -0.05) is 31.2 Å². The lowest BCUT2D eigenvalue weighted by Gasteiger charge is -2.41. The number of anilines is 1. The van der Waals surface area contributed by atoms with E-state index >= 15 is 0 Å². The van der Waals surface area contributed by atoms with Crippen LogP contribution in [0.15, 0.2) is 30.9 Å². The van der Waals surface area contributed by atoms with Crippen molar-refractivity contribution in [3.05, 3.63) is 42.0 Å². The van der Waals surface area contributed by atoms with Crippen LogP contribution >= 0.6 is 11.8 Å². The van der Waals surface area contributed by atoms with Gasteiger partial charge in [0, 0.05) is 30.6 Å². The second-order valence-corrected chi connectivity index (χ2v) is 11.8. The van der Waals surface area contributed by atoms with Crippen molar-refractivity contribution >= 4 is 35.2 Å². The summed E-state index contributed by atoms with van der Waals surface area (Å²) in [7, 11) is 0. The Labute approximate surface area is 218 Å². The number of aryl methyl sites for hydroxylation is 2. The highest BCUT2D eigenvalue weighted by Gasteiger charge is 2.76. The van der Waals surface area contributed by atoms with E-state index in [1.807, 2.05) is 32.0 Å². The van der Waals surface area contributed by atoms with Gasteiger partial charge in [0.05, 0.1) is 23.2 Å². The molecule has 3 saturated heterocycles. The molecule has 0 radical (unpaired) electrons. The molecule has 36 heavy (non-hydrogen) atoms. The summed E-state index contributed by atoms with van der Waals surface area (Å²) in [6, 6.07) is 5.25. The molecular weight excluding hydrogens is 476 g/mol. The van der Waals surface area contributed by atoms with E-state index in [9.17, 15) is 19.5 Å². The molecule has 196 valence electrons. The molecule has 0 aromatic heterocycles. The van der Waals surface area contributed by atoms with Gasteiger partial charge in [-0.3, -0.25) is 14.4 Å². The van der Waals surface area contributed by atoms with Crippen molar-refractivity contribution in [1.82, 2.24) is 4.90 Å². The van der Waals surface area contributed by atoms with Gasteiger partial charge in [-0.25, -0.2) is 0 Å². The number of nitrogens with zero attached hydrogens (tertiary/aromatic N) is 2. The number of carbonyl (C=O) groups is 3. The predicted molar refractivity (Wildman–Crippen MR) is 142 cm³/mol. The van der Waals surface area contributed by atoms with Crippen molar-refractivity contribution in [2.75, 3.05) is 31.2 Å². The smallest absolute Gasteiger partial charge is 0.310 e. The number of fused-ring (bicyclic) bond motifs is 1. The van der Waals surface area contributed by atoms with Gasteiger partial charge in [-0.05, 0) is 57.1 Å². The summed E-state index contributed by atoms with van der Waals surface area (Å²) in [5, 5.41) is 9.34. The Bertz CT molecular complexity index is 1020. The summed E-state index contributed by atoms with van der Waals surface area (Å²) in [5.41, 5.74) is 2.81. The first-order valence-corrected chi connectivity index (χ1v) is 13.9. The second-order valence-electron chi connectivity index (χ2n) is 10.2. The molecule has 0 aliphatic carbocycles. The number of carbonyl (C=O) groups excluding carboxylic acids is 3. The molecule has 8 heteroatoms. The maximum absolute atomic E-state index is 14.6. The summed E-state index contributed by atoms with van der Waals surface area (Å²) in [4.78, 5) is 45.2. The second kappa shape index (κ2) is 10.6. The number of para-hydroxylation sites is 1. The summed E-state index contributed by atoms with van der Waals surface area (Å²) in [6.45, 7) is 12.8. The molecule has 0 saturated carbocycles. The minimum atomic E-state index is -0.697. The molecule has 3 heterocycles. The third-order valence-electron chi connectivity index (χ3n) is 8.13. The Morgan fingerprint density at radius 3 is 2.61 bits per heavy atom. The monoisotopic (exact) mass is 514 g/mol. The molecule has 4 rings (SSSR count). The molecule has 3 fully saturated rings. The van der Waals surface area contributed by atoms with Crippen molar-refractivity contribution < 1.29 is 24.2 Å². The third kappa shape index (κ3) is 4.06. The lowest BCUT2D eigenvalue weighted by Crippen LogP contribution is -2.57. The largest absolute Gasteiger partial charge is 0.466 e. The van der Waals surface area contributed by atoms with Crippen LogP contribution in [0.4, 0.5) is 5.69 Å². The average molecular weight is 515 g/mol. The highest BCUT2D eigenvalue weighted by molar-refractivity contribution is 8.02. The fraction of sp³-hybridized carbons (Fsp3) is 0.607. The lowest BCUT2D eigenvalue weighted by atomic mass is 9.66. The first kappa shape index (κ1) is 26.7. The number of hydrogen-bond donors (Lipinski definition) is 1. The molecule has 1 aromatic rings. The van der Waals surface area contributed by atoms with E-state index in [2.05, 4.69) is 13.5 Å². The number of unbranched alkanes of at least 4 members (excludes halogenated alkanes) is 1. The van der Waals surface area contributed by atoms with E-state index < -0.39 is 22.6 Å². The summed E-state index contributed by atoms with van der Waals surface area (Å²) >= 11 is 1.66. The minimum Gasteiger partial charge on any atom is -0.466 e. The van der Waals surface area contributed by atoms with Gasteiger partial charge < -0.3 is 19.6 Å². The summed E-state index contributed by atoms with van der Waals surface area (Å²) < 4.78 is 4.73. The molecule has 3 aliphatic heterocycles. The number of esters is 1. The highest BCUT2D eigenvalue weighted by atomic mass is 32.2. The zero-order chi connectivity index (χ0) is 26.2. The Morgan fingerprint density at radius 1 is 1.31 bits per heavy atom. The maximum Gasteiger partial charge on any atom is 0.310 e. The first-order chi connectivity index (χ1) is 17.2. The quantitative estimate of drug-likeness (QED) is 0.292. The zero-order valence-corrected chi connectivity index (χ0v) is 22.6. The molecule has 2 amide bonds. The number of benzene rings is 1. The molecular formula is C28H38N2O5S. The van der Waals surface area contributed by atoms with Gasteiger partial charge in [-0.15, -0.1) is 18.3 Å². The van der Waals surface area contributed by atoms with Crippen molar-refractivity contribution in [2.24, 2.45) is 17.8 Å². The number of rotatable bonds is 10. The van der Waals surface area contributed by atoms with Gasteiger partial charge >= 0.3 is 5.97 Å². The van der Waals surface area contributed by atoms with Gasteiger partial charge in [0.1, 0.15) is 6.04 Å². The molecule has 3 unspecified atom stereocenters. The van der Waals surface area contributed by atoms with Gasteiger partial charge in [-0.2, -0.15) is 0 Å². The number of aliphatic hydroxyl groups excluding tert-OH is 1. The number of amides is 2. The van der Waals surface area contributed by atoms with Crippen molar-refractivity contribution in [3.8, 4) is 0 Å². The van der Waals surface area contributed by atoms with E-state index in [1.165, 1.54) is 0 Å². The van der Waals surface area contributed by atoms with Crippen LogP contribution in [0.1, 0.15) is 44.2 Å². The Kier molecular flexibility index (Phi) is 7.86. The van der Waals surface area contributed by atoms with Gasteiger partial charge in [0.25, 0.3) is 5.91 Å². The molecule has 1 aromatic carbocycles. The van der Waals surface area contributed by atoms with Crippen LogP contribution in [-0.2, 0) is 19.1 Å². The van der Waals surface area contributed by atoms with Crippen LogP contribution in [0.25, 0.3) is 0 Å². The highest BCUT2D eigenvalue weighted by Crippen LogP contribution is 2.68. The summed E-state index contributed by atoms with van der Waals surface area (Å²) in [6.07, 6.45) is 3.63. The van der Waals surface area contributed by atoms with Crippen LogP contribution < -0.4 is 4.90 Å². The molecule has 2 bridgehead atoms. The Hall–Kier alpha value is -2.32. The third-order valence-corrected chi connectivity index (χ3v) is 10.2. The fourth-order valence-electron chi connectivity index (χ4n) is 6.74. The molecule has 7 nitrogen and oxygen atoms in total. The molecule has 3 aliphatic rings. The lowest BCUT2D eigenvalue weighted by molar-refractivity contribution is -0.154. The number of aliphatic hydroxyl groups is 1. The van der Waals surface area contributed by atoms with Crippen LogP contribution in [0, 0.1) is 31.6 Å². The van der Waals surface area contributed by atoms with Crippen molar-refractivity contribution in [3.63, 3.8) is 0 Å². The van der Waals surface area contributed by atoms with E-state index in [1.54, 1.807) is 34.6 Å². The topological polar surface area (TPSA) is 87.2 Å². The van der Waals surface area contributed by atoms with Crippen molar-refractivity contribution in [2.45, 2.75) is 63.0 Å².